The predicted molar refractivity (Wildman–Crippen MR) is 104 cm³/mol. The summed E-state index contributed by atoms with van der Waals surface area (Å²) in [4.78, 5) is 14.0. The molecule has 0 spiro atoms. The Labute approximate surface area is 150 Å². The van der Waals surface area contributed by atoms with Crippen LogP contribution < -0.4 is 5.73 Å². The van der Waals surface area contributed by atoms with E-state index in [0.717, 1.165) is 19.4 Å². The molecule has 0 heterocycles. The minimum absolute atomic E-state index is 0.0685. The summed E-state index contributed by atoms with van der Waals surface area (Å²) in [6, 6.07) is -0.0685. The van der Waals surface area contributed by atoms with E-state index in [4.69, 9.17) is 14.9 Å². The lowest BCUT2D eigenvalue weighted by Gasteiger charge is -2.36. The molecule has 0 aromatic rings. The summed E-state index contributed by atoms with van der Waals surface area (Å²) in [5, 5.41) is 0.227. The lowest BCUT2D eigenvalue weighted by molar-refractivity contribution is 0.0236. The molecule has 0 aliphatic carbocycles. The lowest BCUT2D eigenvalue weighted by atomic mass is 10.2. The largest absolute Gasteiger partial charge is 0.444 e. The van der Waals surface area contributed by atoms with Crippen LogP contribution in [0.3, 0.4) is 0 Å². The molecule has 1 amide bonds. The van der Waals surface area contributed by atoms with Crippen LogP contribution in [-0.4, -0.2) is 50.6 Å². The number of unbranched alkanes of at least 4 members (excludes halogenated alkanes) is 1. The standard InChI is InChI=1S/C18H40N2O3Si/c1-15(19)14-20(16(21)23-17(2,3)4)12-10-11-13-22-24(8,9)18(5,6)7/h15H,10-14,19H2,1-9H3/t15-/m0/s1. The zero-order valence-corrected chi connectivity index (χ0v) is 18.4. The number of ether oxygens (including phenoxy) is 1. The summed E-state index contributed by atoms with van der Waals surface area (Å²) in [6.45, 7) is 20.7. The van der Waals surface area contributed by atoms with Crippen molar-refractivity contribution in [3.63, 3.8) is 0 Å². The SMILES string of the molecule is C[C@H](N)CN(CCCCO[Si](C)(C)C(C)(C)C)C(=O)OC(C)(C)C. The Morgan fingerprint density at radius 3 is 2.08 bits per heavy atom. The molecule has 0 radical (unpaired) electrons. The van der Waals surface area contributed by atoms with Crippen LogP contribution >= 0.6 is 0 Å². The van der Waals surface area contributed by atoms with Crippen molar-refractivity contribution in [2.24, 2.45) is 5.73 Å². The van der Waals surface area contributed by atoms with Crippen molar-refractivity contribution in [2.45, 2.75) is 91.1 Å². The van der Waals surface area contributed by atoms with Crippen LogP contribution in [-0.2, 0) is 9.16 Å². The Balaban J connectivity index is 4.37. The van der Waals surface area contributed by atoms with Gasteiger partial charge in [-0.25, -0.2) is 4.79 Å². The predicted octanol–water partition coefficient (Wildman–Crippen LogP) is 4.37. The van der Waals surface area contributed by atoms with Crippen LogP contribution in [0.5, 0.6) is 0 Å². The maximum atomic E-state index is 12.3. The summed E-state index contributed by atoms with van der Waals surface area (Å²) in [5.41, 5.74) is 5.37. The maximum absolute atomic E-state index is 12.3. The van der Waals surface area contributed by atoms with Gasteiger partial charge in [-0.2, -0.15) is 0 Å². The monoisotopic (exact) mass is 360 g/mol. The van der Waals surface area contributed by atoms with Gasteiger partial charge in [0.05, 0.1) is 0 Å². The smallest absolute Gasteiger partial charge is 0.410 e. The molecule has 0 aliphatic heterocycles. The van der Waals surface area contributed by atoms with Crippen LogP contribution in [0.4, 0.5) is 4.79 Å². The van der Waals surface area contributed by atoms with Crippen molar-refractivity contribution in [1.82, 2.24) is 4.90 Å². The Morgan fingerprint density at radius 2 is 1.67 bits per heavy atom. The zero-order valence-electron chi connectivity index (χ0n) is 17.4. The molecule has 6 heteroatoms. The first-order valence-corrected chi connectivity index (χ1v) is 11.9. The first-order valence-electron chi connectivity index (χ1n) is 9.03. The Bertz CT molecular complexity index is 385. The van der Waals surface area contributed by atoms with Crippen LogP contribution in [0.15, 0.2) is 0 Å². The molecular weight excluding hydrogens is 320 g/mol. The highest BCUT2D eigenvalue weighted by Gasteiger charge is 2.36. The first-order chi connectivity index (χ1) is 10.7. The molecule has 5 nitrogen and oxygen atoms in total. The molecule has 0 fully saturated rings. The second-order valence-corrected chi connectivity index (χ2v) is 14.0. The highest BCUT2D eigenvalue weighted by atomic mass is 28.4. The van der Waals surface area contributed by atoms with Crippen molar-refractivity contribution < 1.29 is 14.0 Å². The molecule has 2 N–H and O–H groups in total. The summed E-state index contributed by atoms with van der Waals surface area (Å²) >= 11 is 0. The van der Waals surface area contributed by atoms with Gasteiger partial charge in [-0.05, 0) is 58.7 Å². The number of carbonyl (C=O) groups is 1. The summed E-state index contributed by atoms with van der Waals surface area (Å²) in [5.74, 6) is 0. The zero-order chi connectivity index (χ0) is 19.2. The molecule has 144 valence electrons. The van der Waals surface area contributed by atoms with Crippen molar-refractivity contribution >= 4 is 14.4 Å². The summed E-state index contributed by atoms with van der Waals surface area (Å²) in [6.07, 6.45) is 1.54. The number of nitrogens with two attached hydrogens (primary N) is 1. The lowest BCUT2D eigenvalue weighted by Crippen LogP contribution is -2.43. The van der Waals surface area contributed by atoms with Gasteiger partial charge in [0.2, 0.25) is 0 Å². The second-order valence-electron chi connectivity index (χ2n) is 9.22. The van der Waals surface area contributed by atoms with E-state index in [0.29, 0.717) is 13.1 Å². The van der Waals surface area contributed by atoms with Crippen LogP contribution in [0.25, 0.3) is 0 Å². The Morgan fingerprint density at radius 1 is 1.12 bits per heavy atom. The molecule has 24 heavy (non-hydrogen) atoms. The molecule has 1 atom stereocenters. The van der Waals surface area contributed by atoms with E-state index < -0.39 is 13.9 Å². The fourth-order valence-corrected chi connectivity index (χ4v) is 2.97. The van der Waals surface area contributed by atoms with E-state index in [1.54, 1.807) is 4.90 Å². The molecule has 0 bridgehead atoms. The molecule has 0 aromatic heterocycles. The number of carbonyl (C=O) groups excluding carboxylic acids is 1. The van der Waals surface area contributed by atoms with E-state index in [2.05, 4.69) is 33.9 Å². The number of amides is 1. The minimum atomic E-state index is -1.69. The summed E-state index contributed by atoms with van der Waals surface area (Å²) < 4.78 is 11.6. The van der Waals surface area contributed by atoms with E-state index in [1.165, 1.54) is 0 Å². The average Bonchev–Trinajstić information content (AvgIpc) is 2.32. The molecule has 0 aromatic carbocycles. The third-order valence-corrected chi connectivity index (χ3v) is 8.79. The van der Waals surface area contributed by atoms with Gasteiger partial charge in [0, 0.05) is 25.7 Å². The van der Waals surface area contributed by atoms with Crippen LogP contribution in [0.1, 0.15) is 61.3 Å². The van der Waals surface area contributed by atoms with Gasteiger partial charge >= 0.3 is 6.09 Å². The van der Waals surface area contributed by atoms with Gasteiger partial charge in [0.15, 0.2) is 8.32 Å². The highest BCUT2D eigenvalue weighted by molar-refractivity contribution is 6.74. The highest BCUT2D eigenvalue weighted by Crippen LogP contribution is 2.36. The molecule has 0 rings (SSSR count). The molecular formula is C18H40N2O3Si. The Kier molecular flexibility index (Phi) is 8.97. The normalized spacial score (nSPS) is 14.4. The van der Waals surface area contributed by atoms with Gasteiger partial charge < -0.3 is 19.8 Å². The fraction of sp³-hybridized carbons (Fsp3) is 0.944. The van der Waals surface area contributed by atoms with Crippen molar-refractivity contribution in [3.05, 3.63) is 0 Å². The number of hydrogen-bond acceptors (Lipinski definition) is 4. The van der Waals surface area contributed by atoms with E-state index in [9.17, 15) is 4.79 Å². The Hall–Kier alpha value is -0.593. The fourth-order valence-electron chi connectivity index (χ4n) is 1.88. The van der Waals surface area contributed by atoms with Gasteiger partial charge in [-0.1, -0.05) is 20.8 Å². The third kappa shape index (κ3) is 9.64. The molecule has 0 saturated carbocycles. The van der Waals surface area contributed by atoms with Crippen molar-refractivity contribution in [1.29, 1.82) is 0 Å². The molecule has 0 saturated heterocycles. The summed E-state index contributed by atoms with van der Waals surface area (Å²) in [7, 11) is -1.69. The van der Waals surface area contributed by atoms with Crippen LogP contribution in [0.2, 0.25) is 18.1 Å². The quantitative estimate of drug-likeness (QED) is 0.515. The number of hydrogen-bond donors (Lipinski definition) is 1. The van der Waals surface area contributed by atoms with E-state index in [1.807, 2.05) is 27.7 Å². The van der Waals surface area contributed by atoms with Gasteiger partial charge in [0.1, 0.15) is 5.60 Å². The minimum Gasteiger partial charge on any atom is -0.444 e. The van der Waals surface area contributed by atoms with Gasteiger partial charge in [-0.3, -0.25) is 0 Å². The third-order valence-electron chi connectivity index (χ3n) is 4.25. The average molecular weight is 361 g/mol. The first kappa shape index (κ1) is 23.4. The van der Waals surface area contributed by atoms with Crippen molar-refractivity contribution in [2.75, 3.05) is 19.7 Å². The number of nitrogens with zero attached hydrogens (tertiary/aromatic N) is 1. The topological polar surface area (TPSA) is 64.8 Å². The van der Waals surface area contributed by atoms with Gasteiger partial charge in [0.25, 0.3) is 0 Å². The van der Waals surface area contributed by atoms with Crippen molar-refractivity contribution in [3.8, 4) is 0 Å². The number of rotatable bonds is 8. The maximum Gasteiger partial charge on any atom is 0.410 e. The van der Waals surface area contributed by atoms with E-state index in [-0.39, 0.29) is 17.2 Å². The van der Waals surface area contributed by atoms with Gasteiger partial charge in [-0.15, -0.1) is 0 Å². The molecule has 0 aliphatic rings. The van der Waals surface area contributed by atoms with Crippen LogP contribution in [0, 0.1) is 0 Å². The van der Waals surface area contributed by atoms with E-state index >= 15 is 0 Å². The second kappa shape index (κ2) is 9.20. The molecule has 0 unspecified atom stereocenters.